The van der Waals surface area contributed by atoms with Gasteiger partial charge in [-0.05, 0) is 6.42 Å². The van der Waals surface area contributed by atoms with Gasteiger partial charge in [0.2, 0.25) is 0 Å². The summed E-state index contributed by atoms with van der Waals surface area (Å²) in [5, 5.41) is 15.8. The lowest BCUT2D eigenvalue weighted by molar-refractivity contribution is -0.0413. The van der Waals surface area contributed by atoms with E-state index < -0.39 is 6.29 Å². The smallest absolute Gasteiger partial charge is 0.332 e. The predicted octanol–water partition coefficient (Wildman–Crippen LogP) is -1.33. The molecule has 0 aliphatic heterocycles. The number of aliphatic hydroxyl groups is 2. The third-order valence-corrected chi connectivity index (χ3v) is 2.39. The Morgan fingerprint density at radius 3 is 2.39 bits per heavy atom. The van der Waals surface area contributed by atoms with Crippen LogP contribution < -0.4 is 11.2 Å². The van der Waals surface area contributed by atoms with E-state index in [0.29, 0.717) is 17.6 Å². The molecule has 0 atom stereocenters. The number of imidazole rings is 1. The van der Waals surface area contributed by atoms with Crippen LogP contribution in [0.4, 0.5) is 0 Å². The highest BCUT2D eigenvalue weighted by Gasteiger charge is 2.08. The normalized spacial score (nSPS) is 10.6. The zero-order valence-electron chi connectivity index (χ0n) is 10.4. The van der Waals surface area contributed by atoms with Crippen LogP contribution in [0.2, 0.25) is 0 Å². The topological polar surface area (TPSA) is 113 Å². The Hall–Kier alpha value is -1.93. The van der Waals surface area contributed by atoms with E-state index in [4.69, 9.17) is 10.2 Å². The van der Waals surface area contributed by atoms with Gasteiger partial charge in [-0.3, -0.25) is 13.9 Å². The van der Waals surface area contributed by atoms with Crippen LogP contribution in [0.3, 0.4) is 0 Å². The van der Waals surface area contributed by atoms with E-state index in [1.165, 1.54) is 17.9 Å². The quantitative estimate of drug-likeness (QED) is 0.547. The second-order valence-electron chi connectivity index (χ2n) is 3.70. The van der Waals surface area contributed by atoms with Crippen LogP contribution in [-0.4, -0.2) is 35.6 Å². The van der Waals surface area contributed by atoms with Crippen molar-refractivity contribution in [2.24, 2.45) is 14.1 Å². The molecule has 2 rings (SSSR count). The maximum Gasteiger partial charge on any atom is 0.332 e. The molecule has 8 heteroatoms. The van der Waals surface area contributed by atoms with Crippen molar-refractivity contribution in [2.75, 3.05) is 0 Å². The molecule has 8 nitrogen and oxygen atoms in total. The number of aliphatic hydroxyl groups excluding tert-OH is 1. The van der Waals surface area contributed by atoms with E-state index in [1.54, 1.807) is 14.0 Å². The Kier molecular flexibility index (Phi) is 4.40. The van der Waals surface area contributed by atoms with Gasteiger partial charge in [-0.25, -0.2) is 9.78 Å². The number of H-pyrrole nitrogens is 1. The summed E-state index contributed by atoms with van der Waals surface area (Å²) in [6.07, 6.45) is 0.695. The molecule has 100 valence electrons. The van der Waals surface area contributed by atoms with Crippen molar-refractivity contribution in [3.63, 3.8) is 0 Å². The number of fused-ring (bicyclic) bond motifs is 1. The van der Waals surface area contributed by atoms with Gasteiger partial charge in [0.15, 0.2) is 11.9 Å². The van der Waals surface area contributed by atoms with Crippen molar-refractivity contribution in [1.82, 2.24) is 19.1 Å². The Bertz CT molecular complexity index is 637. The zero-order valence-corrected chi connectivity index (χ0v) is 10.4. The third-order valence-electron chi connectivity index (χ3n) is 2.39. The van der Waals surface area contributed by atoms with Crippen molar-refractivity contribution in [2.45, 2.75) is 19.6 Å². The SMILES string of the molecule is CCC(O)O.Cn1c(=O)c2[nH]cnc2n(C)c1=O. The lowest BCUT2D eigenvalue weighted by Crippen LogP contribution is -2.36. The Morgan fingerprint density at radius 1 is 1.33 bits per heavy atom. The molecular weight excluding hydrogens is 240 g/mol. The van der Waals surface area contributed by atoms with Crippen molar-refractivity contribution < 1.29 is 10.2 Å². The van der Waals surface area contributed by atoms with Crippen LogP contribution >= 0.6 is 0 Å². The average Bonchev–Trinajstić information content (AvgIpc) is 2.83. The zero-order chi connectivity index (χ0) is 13.9. The molecule has 0 spiro atoms. The first-order chi connectivity index (χ1) is 8.40. The van der Waals surface area contributed by atoms with E-state index in [1.807, 2.05) is 0 Å². The molecule has 0 radical (unpaired) electrons. The first kappa shape index (κ1) is 14.1. The molecule has 0 amide bonds. The molecule has 0 saturated carbocycles. The van der Waals surface area contributed by atoms with Gasteiger partial charge in [-0.1, -0.05) is 6.92 Å². The minimum atomic E-state index is -1.12. The molecule has 0 unspecified atom stereocenters. The molecule has 0 fully saturated rings. The minimum Gasteiger partial charge on any atom is -0.368 e. The second kappa shape index (κ2) is 5.61. The summed E-state index contributed by atoms with van der Waals surface area (Å²) in [5.41, 5.74) is 0.0119. The fourth-order valence-electron chi connectivity index (χ4n) is 1.27. The number of hydrogen-bond donors (Lipinski definition) is 3. The molecular formula is C10H16N4O4. The Balaban J connectivity index is 0.000000280. The van der Waals surface area contributed by atoms with Gasteiger partial charge >= 0.3 is 5.69 Å². The summed E-state index contributed by atoms with van der Waals surface area (Å²) in [6, 6.07) is 0. The maximum atomic E-state index is 11.4. The van der Waals surface area contributed by atoms with Gasteiger partial charge in [-0.15, -0.1) is 0 Å². The average molecular weight is 256 g/mol. The van der Waals surface area contributed by atoms with Gasteiger partial charge in [0, 0.05) is 14.1 Å². The summed E-state index contributed by atoms with van der Waals surface area (Å²) in [7, 11) is 3.01. The third kappa shape index (κ3) is 2.66. The lowest BCUT2D eigenvalue weighted by Gasteiger charge is -2.00. The standard InChI is InChI=1S/C7H8N4O2.C3H8O2/c1-10-5-4(8-3-9-5)6(12)11(2)7(10)13;1-2-3(4)5/h3H,1-2H3,(H,8,9);3-5H,2H2,1H3. The van der Waals surface area contributed by atoms with Crippen LogP contribution in [-0.2, 0) is 14.1 Å². The predicted molar refractivity (Wildman–Crippen MR) is 65.1 cm³/mol. The van der Waals surface area contributed by atoms with Crippen LogP contribution in [0.5, 0.6) is 0 Å². The highest BCUT2D eigenvalue weighted by Crippen LogP contribution is 1.97. The van der Waals surface area contributed by atoms with E-state index in [2.05, 4.69) is 9.97 Å². The number of aromatic nitrogens is 4. The number of nitrogens with one attached hydrogen (secondary N) is 1. The molecule has 0 saturated heterocycles. The van der Waals surface area contributed by atoms with Crippen LogP contribution in [0.15, 0.2) is 15.9 Å². The summed E-state index contributed by atoms with van der Waals surface area (Å²) in [4.78, 5) is 29.4. The van der Waals surface area contributed by atoms with Crippen LogP contribution in [0.25, 0.3) is 11.2 Å². The molecule has 2 aromatic rings. The number of nitrogens with zero attached hydrogens (tertiary/aromatic N) is 3. The molecule has 3 N–H and O–H groups in total. The minimum absolute atomic E-state index is 0.351. The fourth-order valence-corrected chi connectivity index (χ4v) is 1.27. The van der Waals surface area contributed by atoms with E-state index in [0.717, 1.165) is 4.57 Å². The molecule has 0 aromatic carbocycles. The van der Waals surface area contributed by atoms with Gasteiger partial charge in [0.1, 0.15) is 5.52 Å². The largest absolute Gasteiger partial charge is 0.368 e. The van der Waals surface area contributed by atoms with Crippen molar-refractivity contribution in [3.05, 3.63) is 27.2 Å². The van der Waals surface area contributed by atoms with Gasteiger partial charge < -0.3 is 15.2 Å². The lowest BCUT2D eigenvalue weighted by atomic mass is 10.5. The molecule has 0 aliphatic rings. The van der Waals surface area contributed by atoms with Crippen molar-refractivity contribution in [3.8, 4) is 0 Å². The molecule has 2 heterocycles. The summed E-state index contributed by atoms with van der Waals surface area (Å²) < 4.78 is 2.37. The number of aryl methyl sites for hydroxylation is 1. The molecule has 0 aliphatic carbocycles. The van der Waals surface area contributed by atoms with Crippen molar-refractivity contribution in [1.29, 1.82) is 0 Å². The maximum absolute atomic E-state index is 11.4. The number of aromatic amines is 1. The highest BCUT2D eigenvalue weighted by atomic mass is 16.5. The number of rotatable bonds is 1. The van der Waals surface area contributed by atoms with E-state index in [-0.39, 0.29) is 11.2 Å². The summed E-state index contributed by atoms with van der Waals surface area (Å²) in [5.74, 6) is 0. The first-order valence-electron chi connectivity index (χ1n) is 5.35. The monoisotopic (exact) mass is 256 g/mol. The molecule has 0 bridgehead atoms. The van der Waals surface area contributed by atoms with E-state index in [9.17, 15) is 9.59 Å². The first-order valence-corrected chi connectivity index (χ1v) is 5.35. The van der Waals surface area contributed by atoms with Crippen molar-refractivity contribution >= 4 is 11.2 Å². The second-order valence-corrected chi connectivity index (χ2v) is 3.70. The van der Waals surface area contributed by atoms with E-state index >= 15 is 0 Å². The van der Waals surface area contributed by atoms with Gasteiger partial charge in [-0.2, -0.15) is 0 Å². The summed E-state index contributed by atoms with van der Waals surface area (Å²) in [6.45, 7) is 1.70. The Morgan fingerprint density at radius 2 is 1.89 bits per heavy atom. The number of hydrogen-bond acceptors (Lipinski definition) is 5. The fraction of sp³-hybridized carbons (Fsp3) is 0.500. The highest BCUT2D eigenvalue weighted by molar-refractivity contribution is 5.68. The molecule has 2 aromatic heterocycles. The van der Waals surface area contributed by atoms with Gasteiger partial charge in [0.25, 0.3) is 5.56 Å². The molecule has 18 heavy (non-hydrogen) atoms. The van der Waals surface area contributed by atoms with Crippen LogP contribution in [0.1, 0.15) is 13.3 Å². The summed E-state index contributed by atoms with van der Waals surface area (Å²) >= 11 is 0. The Labute approximate surface area is 102 Å². The van der Waals surface area contributed by atoms with Crippen LogP contribution in [0, 0.1) is 0 Å². The van der Waals surface area contributed by atoms with Gasteiger partial charge in [0.05, 0.1) is 6.33 Å².